The molecule has 5 nitrogen and oxygen atoms in total. The van der Waals surface area contributed by atoms with Gasteiger partial charge in [-0.3, -0.25) is 9.69 Å². The van der Waals surface area contributed by atoms with E-state index >= 15 is 0 Å². The number of nitrogens with zero attached hydrogens (tertiary/aromatic N) is 1. The van der Waals surface area contributed by atoms with Crippen molar-refractivity contribution in [2.45, 2.75) is 32.3 Å². The van der Waals surface area contributed by atoms with E-state index in [1.54, 1.807) is 0 Å². The largest absolute Gasteiger partial charge is 0.463 e. The molecular formula is C16H24N2O3. The van der Waals surface area contributed by atoms with Crippen LogP contribution >= 0.6 is 0 Å². The highest BCUT2D eigenvalue weighted by Crippen LogP contribution is 2.14. The Balaban J connectivity index is 1.88. The lowest BCUT2D eigenvalue weighted by molar-refractivity contribution is -0.147. The van der Waals surface area contributed by atoms with E-state index < -0.39 is 0 Å². The van der Waals surface area contributed by atoms with E-state index in [9.17, 15) is 4.79 Å². The van der Waals surface area contributed by atoms with Crippen LogP contribution in [0.3, 0.4) is 0 Å². The Kier molecular flexibility index (Phi) is 6.14. The molecule has 1 heterocycles. The van der Waals surface area contributed by atoms with Crippen molar-refractivity contribution < 1.29 is 14.3 Å². The Bertz CT molecular complexity index is 443. The molecule has 0 spiro atoms. The maximum Gasteiger partial charge on any atom is 0.302 e. The fourth-order valence-electron chi connectivity index (χ4n) is 2.56. The molecule has 2 rings (SSSR count). The third-order valence-corrected chi connectivity index (χ3v) is 3.71. The number of carbonyl (C=O) groups is 1. The number of nitrogens with one attached hydrogen (secondary N) is 1. The zero-order chi connectivity index (χ0) is 15.1. The normalized spacial score (nSPS) is 26.6. The van der Waals surface area contributed by atoms with Crippen molar-refractivity contribution in [3.8, 4) is 0 Å². The van der Waals surface area contributed by atoms with Gasteiger partial charge in [0.25, 0.3) is 0 Å². The molecule has 1 fully saturated rings. The minimum atomic E-state index is -0.273. The van der Waals surface area contributed by atoms with Crippen LogP contribution in [-0.4, -0.2) is 55.5 Å². The van der Waals surface area contributed by atoms with Crippen molar-refractivity contribution in [2.75, 3.05) is 32.8 Å². The first kappa shape index (κ1) is 15.9. The van der Waals surface area contributed by atoms with Crippen molar-refractivity contribution in [1.82, 2.24) is 4.90 Å². The highest BCUT2D eigenvalue weighted by molar-refractivity contribution is 5.98. The smallest absolute Gasteiger partial charge is 0.302 e. The van der Waals surface area contributed by atoms with Crippen molar-refractivity contribution in [2.24, 2.45) is 0 Å². The fourth-order valence-corrected chi connectivity index (χ4v) is 2.56. The van der Waals surface area contributed by atoms with E-state index in [1.165, 1.54) is 6.92 Å². The molecule has 0 radical (unpaired) electrons. The van der Waals surface area contributed by atoms with E-state index in [0.29, 0.717) is 13.2 Å². The molecule has 0 saturated carbocycles. The number of carbonyl (C=O) groups excluding carboxylic acids is 1. The molecule has 1 atom stereocenters. The van der Waals surface area contributed by atoms with Gasteiger partial charge < -0.3 is 14.9 Å². The van der Waals surface area contributed by atoms with Gasteiger partial charge in [-0.25, -0.2) is 0 Å². The molecule has 1 aliphatic carbocycles. The summed E-state index contributed by atoms with van der Waals surface area (Å²) in [4.78, 5) is 13.1. The lowest BCUT2D eigenvalue weighted by Crippen LogP contribution is -2.45. The van der Waals surface area contributed by atoms with Gasteiger partial charge in [0.1, 0.15) is 12.7 Å². The molecule has 0 amide bonds. The summed E-state index contributed by atoms with van der Waals surface area (Å²) in [6, 6.07) is 0. The zero-order valence-corrected chi connectivity index (χ0v) is 12.6. The monoisotopic (exact) mass is 292 g/mol. The summed E-state index contributed by atoms with van der Waals surface area (Å²) in [6.45, 7) is 4.72. The third-order valence-electron chi connectivity index (χ3n) is 3.71. The van der Waals surface area contributed by atoms with Gasteiger partial charge in [0.2, 0.25) is 0 Å². The number of ether oxygens (including phenoxy) is 2. The molecule has 1 N–H and O–H groups in total. The average Bonchev–Trinajstić information content (AvgIpc) is 2.45. The highest BCUT2D eigenvalue weighted by Gasteiger charge is 2.22. The molecule has 1 unspecified atom stereocenters. The van der Waals surface area contributed by atoms with Gasteiger partial charge in [-0.2, -0.15) is 0 Å². The second-order valence-electron chi connectivity index (χ2n) is 5.52. The van der Waals surface area contributed by atoms with Gasteiger partial charge in [-0.15, -0.1) is 0 Å². The number of hydrogen-bond donors (Lipinski definition) is 1. The van der Waals surface area contributed by atoms with Crippen molar-refractivity contribution >= 4 is 11.7 Å². The summed E-state index contributed by atoms with van der Waals surface area (Å²) in [5.74, 6) is -0.273. The summed E-state index contributed by atoms with van der Waals surface area (Å²) in [6.07, 6.45) is 9.14. The second kappa shape index (κ2) is 8.10. The molecule has 116 valence electrons. The van der Waals surface area contributed by atoms with Crippen LogP contribution in [0.2, 0.25) is 0 Å². The van der Waals surface area contributed by atoms with Gasteiger partial charge in [0.15, 0.2) is 0 Å². The van der Waals surface area contributed by atoms with Crippen LogP contribution in [0.15, 0.2) is 23.8 Å². The van der Waals surface area contributed by atoms with Crippen LogP contribution in [-0.2, 0) is 14.3 Å². The van der Waals surface area contributed by atoms with Crippen LogP contribution < -0.4 is 0 Å². The first-order valence-electron chi connectivity index (χ1n) is 7.56. The van der Waals surface area contributed by atoms with E-state index in [1.807, 2.05) is 0 Å². The minimum absolute atomic E-state index is 0.0680. The first-order valence-corrected chi connectivity index (χ1v) is 7.56. The lowest BCUT2D eigenvalue weighted by atomic mass is 10.0. The van der Waals surface area contributed by atoms with Crippen LogP contribution in [0.25, 0.3) is 0 Å². The molecular weight excluding hydrogens is 268 g/mol. The van der Waals surface area contributed by atoms with Crippen molar-refractivity contribution in [1.29, 1.82) is 5.41 Å². The van der Waals surface area contributed by atoms with Gasteiger partial charge in [-0.1, -0.05) is 18.2 Å². The molecule has 1 aliphatic heterocycles. The third kappa shape index (κ3) is 5.44. The molecule has 0 aromatic heterocycles. The van der Waals surface area contributed by atoms with Crippen molar-refractivity contribution in [3.05, 3.63) is 23.8 Å². The highest BCUT2D eigenvalue weighted by atomic mass is 16.6. The number of esters is 1. The summed E-state index contributed by atoms with van der Waals surface area (Å²) in [5.41, 5.74) is 1.82. The Morgan fingerprint density at radius 2 is 2.43 bits per heavy atom. The standard InChI is InChI=1S/C16H24N2O3/c1-13(19)21-12-15-11-18(8-9-20-15)10-14-6-4-2-3-5-7-16(14)17/h2,4,6,15,17H,3,5,7-12H2,1H3/b4-2?,14-6-,17-16?. The van der Waals surface area contributed by atoms with Crippen LogP contribution in [0, 0.1) is 5.41 Å². The van der Waals surface area contributed by atoms with Crippen LogP contribution in [0.1, 0.15) is 26.2 Å². The second-order valence-corrected chi connectivity index (χ2v) is 5.52. The topological polar surface area (TPSA) is 62.6 Å². The molecule has 1 saturated heterocycles. The molecule has 5 heteroatoms. The maximum absolute atomic E-state index is 10.9. The predicted octanol–water partition coefficient (Wildman–Crippen LogP) is 1.94. The molecule has 0 aromatic carbocycles. The van der Waals surface area contributed by atoms with Crippen LogP contribution in [0.5, 0.6) is 0 Å². The van der Waals surface area contributed by atoms with Crippen molar-refractivity contribution in [3.63, 3.8) is 0 Å². The van der Waals surface area contributed by atoms with Gasteiger partial charge in [0.05, 0.1) is 6.61 Å². The lowest BCUT2D eigenvalue weighted by Gasteiger charge is -2.33. The molecule has 21 heavy (non-hydrogen) atoms. The SMILES string of the molecule is CC(=O)OCC1CN(C/C2=C/C=CCCCC2=N)CCO1. The Morgan fingerprint density at radius 3 is 3.24 bits per heavy atom. The summed E-state index contributed by atoms with van der Waals surface area (Å²) < 4.78 is 10.6. The van der Waals surface area contributed by atoms with E-state index in [2.05, 4.69) is 23.1 Å². The number of hydrogen-bond acceptors (Lipinski definition) is 5. The quantitative estimate of drug-likeness (QED) is 0.804. The number of morpholine rings is 1. The van der Waals surface area contributed by atoms with E-state index in [0.717, 1.165) is 50.2 Å². The van der Waals surface area contributed by atoms with Gasteiger partial charge in [-0.05, 0) is 24.8 Å². The predicted molar refractivity (Wildman–Crippen MR) is 81.6 cm³/mol. The molecule has 0 bridgehead atoms. The minimum Gasteiger partial charge on any atom is -0.463 e. The Morgan fingerprint density at radius 1 is 1.57 bits per heavy atom. The Labute approximate surface area is 126 Å². The van der Waals surface area contributed by atoms with Gasteiger partial charge >= 0.3 is 5.97 Å². The molecule has 0 aromatic rings. The van der Waals surface area contributed by atoms with E-state index in [-0.39, 0.29) is 12.1 Å². The van der Waals surface area contributed by atoms with Gasteiger partial charge in [0, 0.05) is 32.3 Å². The summed E-state index contributed by atoms with van der Waals surface area (Å²) in [5, 5.41) is 8.16. The maximum atomic E-state index is 10.9. The van der Waals surface area contributed by atoms with Crippen LogP contribution in [0.4, 0.5) is 0 Å². The number of allylic oxidation sites excluding steroid dienone is 3. The summed E-state index contributed by atoms with van der Waals surface area (Å²) >= 11 is 0. The molecule has 2 aliphatic rings. The average molecular weight is 292 g/mol. The number of rotatable bonds is 4. The first-order chi connectivity index (χ1) is 10.1. The fraction of sp³-hybridized carbons (Fsp3) is 0.625. The summed E-state index contributed by atoms with van der Waals surface area (Å²) in [7, 11) is 0. The zero-order valence-electron chi connectivity index (χ0n) is 12.6. The Hall–Kier alpha value is -1.46. The van der Waals surface area contributed by atoms with E-state index in [4.69, 9.17) is 14.9 Å².